The van der Waals surface area contributed by atoms with E-state index in [1.807, 2.05) is 19.0 Å². The van der Waals surface area contributed by atoms with Crippen molar-refractivity contribution in [3.63, 3.8) is 0 Å². The van der Waals surface area contributed by atoms with E-state index in [2.05, 4.69) is 9.72 Å². The number of hydrogen-bond donors (Lipinski definition) is 1. The number of halogens is 4. The fourth-order valence-corrected chi connectivity index (χ4v) is 2.59. The van der Waals surface area contributed by atoms with Gasteiger partial charge in [0.05, 0.1) is 26.2 Å². The number of alkyl halides is 3. The van der Waals surface area contributed by atoms with Gasteiger partial charge >= 0.3 is 12.1 Å². The molecule has 0 fully saturated rings. The van der Waals surface area contributed by atoms with Crippen LogP contribution in [0.4, 0.5) is 13.2 Å². The summed E-state index contributed by atoms with van der Waals surface area (Å²) in [5, 5.41) is 0.516. The number of benzene rings is 1. The number of rotatable bonds is 5. The van der Waals surface area contributed by atoms with E-state index in [9.17, 15) is 18.0 Å². The van der Waals surface area contributed by atoms with Crippen LogP contribution >= 0.6 is 12.4 Å². The maximum atomic E-state index is 13.2. The molecule has 1 aromatic carbocycles. The smallest absolute Gasteiger partial charge is 0.420 e. The fourth-order valence-electron chi connectivity index (χ4n) is 2.59. The highest BCUT2D eigenvalue weighted by Gasteiger charge is 2.35. The van der Waals surface area contributed by atoms with Crippen LogP contribution in [0.15, 0.2) is 12.1 Å². The Morgan fingerprint density at radius 1 is 1.24 bits per heavy atom. The second kappa shape index (κ2) is 7.97. The lowest BCUT2D eigenvalue weighted by molar-refractivity contribution is -0.140. The lowest BCUT2D eigenvalue weighted by atomic mass is 10.0. The molecule has 1 heterocycles. The zero-order valence-electron chi connectivity index (χ0n) is 14.3. The quantitative estimate of drug-likeness (QED) is 0.808. The largest absolute Gasteiger partial charge is 0.496 e. The van der Waals surface area contributed by atoms with Crippen molar-refractivity contribution in [3.05, 3.63) is 29.0 Å². The number of hydrogen-bond acceptors (Lipinski definition) is 4. The Balaban J connectivity index is 0.00000312. The molecule has 0 spiro atoms. The first kappa shape index (κ1) is 21.1. The zero-order valence-corrected chi connectivity index (χ0v) is 15.1. The van der Waals surface area contributed by atoms with Crippen molar-refractivity contribution in [1.82, 2.24) is 9.88 Å². The van der Waals surface area contributed by atoms with Crippen LogP contribution in [-0.2, 0) is 28.7 Å². The Hall–Kier alpha value is -1.93. The Bertz CT molecular complexity index is 757. The molecule has 9 heteroatoms. The lowest BCUT2D eigenvalue weighted by Gasteiger charge is -2.12. The summed E-state index contributed by atoms with van der Waals surface area (Å²) in [6.07, 6.45) is -4.57. The van der Waals surface area contributed by atoms with Crippen LogP contribution in [-0.4, -0.2) is 44.2 Å². The van der Waals surface area contributed by atoms with Crippen molar-refractivity contribution in [2.75, 3.05) is 28.3 Å². The Labute approximate surface area is 149 Å². The summed E-state index contributed by atoms with van der Waals surface area (Å²) >= 11 is 0. The predicted octanol–water partition coefficient (Wildman–Crippen LogP) is 3.39. The van der Waals surface area contributed by atoms with Crippen molar-refractivity contribution in [1.29, 1.82) is 0 Å². The highest BCUT2D eigenvalue weighted by Crippen LogP contribution is 2.40. The van der Waals surface area contributed by atoms with Gasteiger partial charge in [0, 0.05) is 23.1 Å². The van der Waals surface area contributed by atoms with Crippen LogP contribution in [0.2, 0.25) is 0 Å². The highest BCUT2D eigenvalue weighted by atomic mass is 35.5. The van der Waals surface area contributed by atoms with Crippen molar-refractivity contribution < 1.29 is 27.4 Å². The molecule has 1 N–H and O–H groups in total. The highest BCUT2D eigenvalue weighted by molar-refractivity contribution is 5.90. The van der Waals surface area contributed by atoms with Gasteiger partial charge in [-0.2, -0.15) is 13.2 Å². The number of aromatic amines is 1. The van der Waals surface area contributed by atoms with Crippen LogP contribution in [0.5, 0.6) is 5.75 Å². The SMILES string of the molecule is COC(=O)Cc1c(CN(C)C)[nH]c2cc(C(F)(F)F)c(OC)cc12.Cl. The molecule has 0 aliphatic heterocycles. The summed E-state index contributed by atoms with van der Waals surface area (Å²) < 4.78 is 49.1. The van der Waals surface area contributed by atoms with E-state index in [0.717, 1.165) is 6.07 Å². The molecule has 1 aromatic heterocycles. The minimum atomic E-state index is -4.53. The molecule has 2 rings (SSSR count). The van der Waals surface area contributed by atoms with Gasteiger partial charge in [-0.1, -0.05) is 0 Å². The lowest BCUT2D eigenvalue weighted by Crippen LogP contribution is -2.14. The van der Waals surface area contributed by atoms with Crippen LogP contribution in [0.3, 0.4) is 0 Å². The average Bonchev–Trinajstić information content (AvgIpc) is 2.81. The summed E-state index contributed by atoms with van der Waals surface area (Å²) in [6.45, 7) is 0.449. The van der Waals surface area contributed by atoms with E-state index >= 15 is 0 Å². The van der Waals surface area contributed by atoms with Crippen LogP contribution in [0, 0.1) is 0 Å². The number of ether oxygens (including phenoxy) is 2. The Kier molecular flexibility index (Phi) is 6.73. The molecule has 0 aliphatic rings. The third-order valence-electron chi connectivity index (χ3n) is 3.64. The number of carbonyl (C=O) groups is 1. The van der Waals surface area contributed by atoms with Gasteiger partial charge in [-0.05, 0) is 31.8 Å². The number of nitrogens with zero attached hydrogens (tertiary/aromatic N) is 1. The second-order valence-corrected chi connectivity index (χ2v) is 5.67. The molecule has 140 valence electrons. The van der Waals surface area contributed by atoms with E-state index in [4.69, 9.17) is 4.74 Å². The van der Waals surface area contributed by atoms with Crippen LogP contribution in [0.1, 0.15) is 16.8 Å². The van der Waals surface area contributed by atoms with Gasteiger partial charge < -0.3 is 19.4 Å². The molecule has 5 nitrogen and oxygen atoms in total. The molecule has 0 amide bonds. The van der Waals surface area contributed by atoms with E-state index in [1.54, 1.807) is 0 Å². The number of fused-ring (bicyclic) bond motifs is 1. The fraction of sp³-hybridized carbons (Fsp3) is 0.438. The van der Waals surface area contributed by atoms with Crippen molar-refractivity contribution in [2.45, 2.75) is 19.1 Å². The van der Waals surface area contributed by atoms with Gasteiger partial charge in [0.25, 0.3) is 0 Å². The summed E-state index contributed by atoms with van der Waals surface area (Å²) in [4.78, 5) is 16.5. The van der Waals surface area contributed by atoms with Crippen molar-refractivity contribution in [3.8, 4) is 5.75 Å². The predicted molar refractivity (Wildman–Crippen MR) is 90.2 cm³/mol. The number of carbonyl (C=O) groups excluding carboxylic acids is 1. The van der Waals surface area contributed by atoms with E-state index in [1.165, 1.54) is 20.3 Å². The van der Waals surface area contributed by atoms with Gasteiger partial charge in [0.15, 0.2) is 0 Å². The van der Waals surface area contributed by atoms with Crippen LogP contribution in [0.25, 0.3) is 10.9 Å². The maximum Gasteiger partial charge on any atom is 0.420 e. The molecule has 0 aliphatic carbocycles. The molecule has 0 saturated carbocycles. The summed E-state index contributed by atoms with van der Waals surface area (Å²) in [5.41, 5.74) is 0.720. The third kappa shape index (κ3) is 4.58. The number of methoxy groups -OCH3 is 2. The summed E-state index contributed by atoms with van der Waals surface area (Å²) in [5.74, 6) is -0.744. The molecule has 0 bridgehead atoms. The summed E-state index contributed by atoms with van der Waals surface area (Å²) in [7, 11) is 6.11. The van der Waals surface area contributed by atoms with Crippen LogP contribution < -0.4 is 4.74 Å². The van der Waals surface area contributed by atoms with Crippen molar-refractivity contribution in [2.24, 2.45) is 0 Å². The number of esters is 1. The average molecular weight is 381 g/mol. The monoisotopic (exact) mass is 380 g/mol. The zero-order chi connectivity index (χ0) is 18.1. The van der Waals surface area contributed by atoms with E-state index in [-0.39, 0.29) is 24.6 Å². The topological polar surface area (TPSA) is 54.6 Å². The van der Waals surface area contributed by atoms with Gasteiger partial charge in [-0.25, -0.2) is 0 Å². The van der Waals surface area contributed by atoms with E-state index < -0.39 is 17.7 Å². The third-order valence-corrected chi connectivity index (χ3v) is 3.64. The summed E-state index contributed by atoms with van der Waals surface area (Å²) in [6, 6.07) is 2.32. The Morgan fingerprint density at radius 2 is 1.88 bits per heavy atom. The number of H-pyrrole nitrogens is 1. The molecule has 0 unspecified atom stereocenters. The molecule has 0 saturated heterocycles. The first-order valence-electron chi connectivity index (χ1n) is 7.17. The standard InChI is InChI=1S/C16H19F3N2O3.ClH/c1-21(2)8-13-10(6-15(22)24-4)9-5-14(23-3)11(16(17,18)19)7-12(9)20-13;/h5,7,20H,6,8H2,1-4H3;1H. The Morgan fingerprint density at radius 3 is 2.36 bits per heavy atom. The van der Waals surface area contributed by atoms with Gasteiger partial charge in [0.2, 0.25) is 0 Å². The number of aromatic nitrogens is 1. The molecule has 25 heavy (non-hydrogen) atoms. The van der Waals surface area contributed by atoms with Gasteiger partial charge in [-0.15, -0.1) is 12.4 Å². The minimum Gasteiger partial charge on any atom is -0.496 e. The maximum absolute atomic E-state index is 13.2. The first-order valence-corrected chi connectivity index (χ1v) is 7.17. The first-order chi connectivity index (χ1) is 11.2. The number of nitrogens with one attached hydrogen (secondary N) is 1. The molecule has 2 aromatic rings. The normalized spacial score (nSPS) is 11.5. The van der Waals surface area contributed by atoms with Gasteiger partial charge in [-0.3, -0.25) is 4.79 Å². The minimum absolute atomic E-state index is 0. The molecule has 0 atom stereocenters. The molecular weight excluding hydrogens is 361 g/mol. The van der Waals surface area contributed by atoms with Crippen molar-refractivity contribution >= 4 is 29.3 Å². The van der Waals surface area contributed by atoms with Gasteiger partial charge in [0.1, 0.15) is 5.75 Å². The van der Waals surface area contributed by atoms with E-state index in [0.29, 0.717) is 28.7 Å². The second-order valence-electron chi connectivity index (χ2n) is 5.67. The molecular formula is C16H20ClF3N2O3. The molecule has 0 radical (unpaired) electrons.